The second kappa shape index (κ2) is 16.3. The Morgan fingerprint density at radius 1 is 1.15 bits per heavy atom. The lowest BCUT2D eigenvalue weighted by Gasteiger charge is -2.36. The molecule has 272 valence electrons. The minimum atomic E-state index is -5.88. The third-order valence-corrected chi connectivity index (χ3v) is 9.72. The number of nitrogens with zero attached hydrogens (tertiary/aromatic N) is 4. The zero-order valence-corrected chi connectivity index (χ0v) is 28.6. The molecule has 3 heterocycles. The second-order valence-corrected chi connectivity index (χ2v) is 15.2. The molecule has 3 rings (SSSR count). The minimum Gasteiger partial charge on any atom is -0.790 e. The Balaban J connectivity index is 0.00000833. The molecule has 0 bridgehead atoms. The average Bonchev–Trinajstić information content (AvgIpc) is 3.54. The molecular formula is C21H33N7O16P3S-3. The summed E-state index contributed by atoms with van der Waals surface area (Å²) in [6.45, 7) is 0.324. The van der Waals surface area contributed by atoms with Gasteiger partial charge in [0.2, 0.25) is 11.8 Å². The summed E-state index contributed by atoms with van der Waals surface area (Å²) < 4.78 is 60.1. The summed E-state index contributed by atoms with van der Waals surface area (Å²) in [6.07, 6.45) is -7.41. The van der Waals surface area contributed by atoms with E-state index in [0.717, 1.165) is 17.2 Å². The van der Waals surface area contributed by atoms with Gasteiger partial charge in [-0.05, 0) is 0 Å². The molecule has 7 atom stereocenters. The van der Waals surface area contributed by atoms with Crippen molar-refractivity contribution in [2.45, 2.75) is 50.9 Å². The SMILES string of the molecule is CC(C)(COP(=O)([O-])OP(=O)([O-])OCC1OC(n2cnc3c(N)ncnc32)C(O)C1OP(=O)([O-])[O-])C(O)C(=O)NCCC(=O)NCCS.[H+]. The van der Waals surface area contributed by atoms with Crippen LogP contribution < -0.4 is 35.9 Å². The van der Waals surface area contributed by atoms with Crippen molar-refractivity contribution in [3.8, 4) is 0 Å². The fraction of sp³-hybridized carbons (Fsp3) is 0.667. The highest BCUT2D eigenvalue weighted by Crippen LogP contribution is 2.56. The maximum Gasteiger partial charge on any atom is 1.00 e. The number of aliphatic hydroxyl groups excluding tert-OH is 2. The number of aromatic nitrogens is 4. The summed E-state index contributed by atoms with van der Waals surface area (Å²) in [5, 5.41) is 25.9. The van der Waals surface area contributed by atoms with Gasteiger partial charge in [0.15, 0.2) is 17.7 Å². The quantitative estimate of drug-likeness (QED) is 0.0621. The van der Waals surface area contributed by atoms with Crippen molar-refractivity contribution in [3.63, 3.8) is 0 Å². The van der Waals surface area contributed by atoms with Gasteiger partial charge in [-0.15, -0.1) is 0 Å². The first kappa shape index (κ1) is 40.3. The van der Waals surface area contributed by atoms with Gasteiger partial charge in [-0.1, -0.05) is 13.8 Å². The Morgan fingerprint density at radius 2 is 1.81 bits per heavy atom. The highest BCUT2D eigenvalue weighted by molar-refractivity contribution is 7.80. The first-order chi connectivity index (χ1) is 22.2. The van der Waals surface area contributed by atoms with Crippen LogP contribution in [0.3, 0.4) is 0 Å². The number of hydrogen-bond acceptors (Lipinski definition) is 21. The van der Waals surface area contributed by atoms with Crippen molar-refractivity contribution in [3.05, 3.63) is 12.7 Å². The predicted molar refractivity (Wildman–Crippen MR) is 156 cm³/mol. The molecule has 0 saturated carbocycles. The Kier molecular flexibility index (Phi) is 13.7. The molecule has 27 heteroatoms. The number of rotatable bonds is 18. The topological polar surface area (TPSA) is 358 Å². The number of nitrogens with one attached hydrogen (secondary N) is 2. The number of phosphoric ester groups is 3. The lowest BCUT2D eigenvalue weighted by atomic mass is 9.87. The highest BCUT2D eigenvalue weighted by atomic mass is 32.1. The van der Waals surface area contributed by atoms with Crippen LogP contribution in [0.4, 0.5) is 5.82 Å². The molecule has 0 aromatic carbocycles. The monoisotopic (exact) mass is 764 g/mol. The van der Waals surface area contributed by atoms with Crippen LogP contribution in [0.2, 0.25) is 0 Å². The molecule has 0 aliphatic carbocycles. The third-order valence-electron chi connectivity index (χ3n) is 6.49. The van der Waals surface area contributed by atoms with Gasteiger partial charge in [0.1, 0.15) is 36.3 Å². The maximum atomic E-state index is 12.4. The zero-order chi connectivity index (χ0) is 36.1. The van der Waals surface area contributed by atoms with E-state index in [1.807, 2.05) is 0 Å². The van der Waals surface area contributed by atoms with Crippen LogP contribution in [0.1, 0.15) is 27.9 Å². The molecule has 48 heavy (non-hydrogen) atoms. The van der Waals surface area contributed by atoms with Crippen molar-refractivity contribution >= 4 is 64.9 Å². The summed E-state index contributed by atoms with van der Waals surface area (Å²) in [4.78, 5) is 83.0. The number of carbonyl (C=O) groups is 2. The normalized spacial score (nSPS) is 23.4. The number of nitrogen functional groups attached to an aromatic ring is 1. The second-order valence-electron chi connectivity index (χ2n) is 10.7. The van der Waals surface area contributed by atoms with E-state index < -0.39 is 84.6 Å². The number of phosphoric acid groups is 3. The standard InChI is InChI=1S/C21H36N7O16P3S/c1-21(2,16(31)19(32)24-4-3-12(29)23-5-6-48)8-41-47(38,39)44-46(36,37)40-7-11-15(43-45(33,34)35)14(30)20(42-11)28-10-27-13-17(22)25-9-26-18(13)28/h9-11,14-16,20,30-31,48H,3-8H2,1-2H3,(H,23,29)(H,24,32)(H,36,37)(H,38,39)(H2,22,25,26)(H2,33,34,35)/p-3. The van der Waals surface area contributed by atoms with Gasteiger partial charge in [0, 0.05) is 30.7 Å². The van der Waals surface area contributed by atoms with E-state index in [2.05, 4.69) is 56.1 Å². The summed E-state index contributed by atoms with van der Waals surface area (Å²) in [6, 6.07) is 0. The third kappa shape index (κ3) is 11.2. The molecule has 23 nitrogen and oxygen atoms in total. The van der Waals surface area contributed by atoms with E-state index in [9.17, 15) is 53.1 Å². The smallest absolute Gasteiger partial charge is 0.790 e. The molecule has 2 aromatic rings. The van der Waals surface area contributed by atoms with Crippen LogP contribution >= 0.6 is 36.1 Å². The van der Waals surface area contributed by atoms with Crippen LogP contribution in [-0.4, -0.2) is 98.0 Å². The fourth-order valence-corrected chi connectivity index (χ4v) is 6.96. The van der Waals surface area contributed by atoms with E-state index in [-0.39, 0.29) is 31.4 Å². The molecule has 1 aliphatic rings. The van der Waals surface area contributed by atoms with Crippen molar-refractivity contribution in [1.82, 2.24) is 30.2 Å². The Hall–Kier alpha value is -2.11. The number of imidazole rings is 1. The van der Waals surface area contributed by atoms with Gasteiger partial charge >= 0.3 is 1.43 Å². The number of anilines is 1. The number of nitrogens with two attached hydrogens (primary N) is 1. The lowest BCUT2D eigenvalue weighted by molar-refractivity contribution is -0.347. The summed E-state index contributed by atoms with van der Waals surface area (Å²) in [5.41, 5.74) is 4.10. The van der Waals surface area contributed by atoms with E-state index in [0.29, 0.717) is 12.3 Å². The largest absolute Gasteiger partial charge is 1.00 e. The average molecular weight is 765 g/mol. The molecule has 6 N–H and O–H groups in total. The molecule has 0 spiro atoms. The van der Waals surface area contributed by atoms with Crippen molar-refractivity contribution in [2.75, 3.05) is 37.8 Å². The fourth-order valence-electron chi connectivity index (χ4n) is 4.11. The van der Waals surface area contributed by atoms with Gasteiger partial charge in [-0.2, -0.15) is 12.6 Å². The Labute approximate surface area is 278 Å². The molecule has 1 aliphatic heterocycles. The number of ether oxygens (including phenoxy) is 1. The van der Waals surface area contributed by atoms with Crippen LogP contribution in [-0.2, 0) is 45.9 Å². The van der Waals surface area contributed by atoms with Crippen molar-refractivity contribution < 1.29 is 77.1 Å². The molecule has 2 amide bonds. The number of aliphatic hydroxyl groups is 2. The number of hydrogen-bond donors (Lipinski definition) is 6. The van der Waals surface area contributed by atoms with Crippen LogP contribution in [0, 0.1) is 5.41 Å². The summed E-state index contributed by atoms with van der Waals surface area (Å²) in [7, 11) is -17.5. The van der Waals surface area contributed by atoms with Crippen LogP contribution in [0.5, 0.6) is 0 Å². The Bertz CT molecular complexity index is 1600. The van der Waals surface area contributed by atoms with Gasteiger partial charge in [0.25, 0.3) is 15.6 Å². The van der Waals surface area contributed by atoms with Crippen LogP contribution in [0.15, 0.2) is 12.7 Å². The molecular weight excluding hydrogens is 731 g/mol. The van der Waals surface area contributed by atoms with Gasteiger partial charge < -0.3 is 69.0 Å². The molecule has 1 saturated heterocycles. The number of carbonyl (C=O) groups excluding carboxylic acids is 2. The van der Waals surface area contributed by atoms with E-state index in [1.165, 1.54) is 13.8 Å². The van der Waals surface area contributed by atoms with Crippen molar-refractivity contribution in [1.29, 1.82) is 0 Å². The molecule has 0 radical (unpaired) electrons. The van der Waals surface area contributed by atoms with E-state index in [4.69, 9.17) is 10.5 Å². The Morgan fingerprint density at radius 3 is 2.46 bits per heavy atom. The van der Waals surface area contributed by atoms with E-state index in [1.54, 1.807) is 0 Å². The number of fused-ring (bicyclic) bond motifs is 1. The number of thiol groups is 1. The minimum absolute atomic E-state index is 0. The zero-order valence-electron chi connectivity index (χ0n) is 26.0. The molecule has 1 fully saturated rings. The van der Waals surface area contributed by atoms with Gasteiger partial charge in [-0.25, -0.2) is 19.3 Å². The van der Waals surface area contributed by atoms with Gasteiger partial charge in [-0.3, -0.25) is 23.3 Å². The lowest BCUT2D eigenvalue weighted by Crippen LogP contribution is -2.46. The first-order valence-electron chi connectivity index (χ1n) is 13.6. The van der Waals surface area contributed by atoms with Gasteiger partial charge in [0.05, 0.1) is 27.4 Å². The first-order valence-corrected chi connectivity index (χ1v) is 18.6. The van der Waals surface area contributed by atoms with E-state index >= 15 is 0 Å². The van der Waals surface area contributed by atoms with Crippen molar-refractivity contribution in [2.24, 2.45) is 5.41 Å². The van der Waals surface area contributed by atoms with Crippen LogP contribution in [0.25, 0.3) is 11.2 Å². The summed E-state index contributed by atoms with van der Waals surface area (Å²) >= 11 is 3.94. The summed E-state index contributed by atoms with van der Waals surface area (Å²) in [5.74, 6) is -1.05. The highest BCUT2D eigenvalue weighted by Gasteiger charge is 2.47. The maximum absolute atomic E-state index is 12.4. The molecule has 7 unspecified atom stereocenters. The number of amides is 2. The molecule has 2 aromatic heterocycles. The predicted octanol–water partition coefficient (Wildman–Crippen LogP) is -4.08.